The Bertz CT molecular complexity index is 595. The summed E-state index contributed by atoms with van der Waals surface area (Å²) in [5.74, 6) is -0.502. The number of benzene rings is 1. The normalized spacial score (nSPS) is 20.0. The summed E-state index contributed by atoms with van der Waals surface area (Å²) in [5, 5.41) is 3.36. The molecule has 0 saturated carbocycles. The van der Waals surface area contributed by atoms with Gasteiger partial charge in [0.25, 0.3) is 10.2 Å². The Hall–Kier alpha value is -0.440. The first-order valence-corrected chi connectivity index (χ1v) is 8.48. The number of hydrogen-bond donors (Lipinski definition) is 1. The predicted molar refractivity (Wildman–Crippen MR) is 88.1 cm³/mol. The van der Waals surface area contributed by atoms with Crippen molar-refractivity contribution in [2.24, 2.45) is 0 Å². The van der Waals surface area contributed by atoms with E-state index >= 15 is 0 Å². The maximum absolute atomic E-state index is 13.8. The van der Waals surface area contributed by atoms with Crippen LogP contribution in [0, 0.1) is 5.82 Å². The van der Waals surface area contributed by atoms with Crippen molar-refractivity contribution in [1.29, 1.82) is 0 Å². The fraction of sp³-hybridized carbons (Fsp3) is 0.538. The van der Waals surface area contributed by atoms with Gasteiger partial charge < -0.3 is 5.32 Å². The maximum atomic E-state index is 13.8. The minimum atomic E-state index is -3.64. The van der Waals surface area contributed by atoms with Gasteiger partial charge in [-0.25, -0.2) is 4.39 Å². The largest absolute Gasteiger partial charge is 0.314 e. The van der Waals surface area contributed by atoms with Gasteiger partial charge >= 0.3 is 0 Å². The lowest BCUT2D eigenvalue weighted by molar-refractivity contribution is 0.262. The fourth-order valence-electron chi connectivity index (χ4n) is 2.33. The summed E-state index contributed by atoms with van der Waals surface area (Å²) in [6.45, 7) is 3.36. The minimum absolute atomic E-state index is 0. The summed E-state index contributed by atoms with van der Waals surface area (Å²) in [7, 11) is -2.20. The second-order valence-corrected chi connectivity index (χ2v) is 7.52. The van der Waals surface area contributed by atoms with Crippen LogP contribution in [-0.4, -0.2) is 49.8 Å². The Labute approximate surface area is 142 Å². The van der Waals surface area contributed by atoms with Gasteiger partial charge in [0.1, 0.15) is 5.82 Å². The molecule has 0 aromatic heterocycles. The van der Waals surface area contributed by atoms with Gasteiger partial charge in [0.15, 0.2) is 0 Å². The minimum Gasteiger partial charge on any atom is -0.314 e. The van der Waals surface area contributed by atoms with Crippen LogP contribution in [0.3, 0.4) is 0 Å². The summed E-state index contributed by atoms with van der Waals surface area (Å²) >= 11 is 5.95. The van der Waals surface area contributed by atoms with Crippen LogP contribution in [0.1, 0.15) is 12.5 Å². The smallest absolute Gasteiger partial charge is 0.282 e. The highest BCUT2D eigenvalue weighted by atomic mass is 35.5. The van der Waals surface area contributed by atoms with E-state index in [4.69, 9.17) is 11.6 Å². The summed E-state index contributed by atoms with van der Waals surface area (Å²) in [4.78, 5) is 0. The highest BCUT2D eigenvalue weighted by Gasteiger charge is 2.33. The van der Waals surface area contributed by atoms with Crippen LogP contribution in [0.2, 0.25) is 5.02 Å². The number of rotatable bonds is 4. The van der Waals surface area contributed by atoms with Crippen LogP contribution in [0.5, 0.6) is 0 Å². The lowest BCUT2D eigenvalue weighted by Crippen LogP contribution is -2.55. The molecule has 2 rings (SSSR count). The second-order valence-electron chi connectivity index (χ2n) is 5.13. The van der Waals surface area contributed by atoms with Crippen molar-refractivity contribution < 1.29 is 12.8 Å². The van der Waals surface area contributed by atoms with Crippen molar-refractivity contribution in [1.82, 2.24) is 13.9 Å². The van der Waals surface area contributed by atoms with Gasteiger partial charge in [-0.1, -0.05) is 17.7 Å². The molecule has 0 aliphatic carbocycles. The van der Waals surface area contributed by atoms with Crippen molar-refractivity contribution in [3.8, 4) is 0 Å². The number of nitrogens with one attached hydrogen (secondary N) is 1. The Morgan fingerprint density at radius 1 is 1.50 bits per heavy atom. The van der Waals surface area contributed by atoms with Crippen LogP contribution in [0.25, 0.3) is 0 Å². The van der Waals surface area contributed by atoms with E-state index < -0.39 is 16.0 Å². The zero-order valence-electron chi connectivity index (χ0n) is 12.4. The van der Waals surface area contributed by atoms with Crippen LogP contribution >= 0.6 is 24.0 Å². The lowest BCUT2D eigenvalue weighted by atomic mass is 10.2. The number of piperazine rings is 1. The van der Waals surface area contributed by atoms with Crippen molar-refractivity contribution in [2.75, 3.05) is 26.7 Å². The van der Waals surface area contributed by atoms with Gasteiger partial charge in [-0.15, -0.1) is 12.4 Å². The third-order valence-corrected chi connectivity index (χ3v) is 5.98. The maximum Gasteiger partial charge on any atom is 0.282 e. The molecule has 1 aliphatic rings. The van der Waals surface area contributed by atoms with Crippen molar-refractivity contribution >= 4 is 34.2 Å². The van der Waals surface area contributed by atoms with Gasteiger partial charge in [0.05, 0.1) is 0 Å². The average molecular weight is 372 g/mol. The van der Waals surface area contributed by atoms with Gasteiger partial charge in [-0.3, -0.25) is 0 Å². The Morgan fingerprint density at radius 3 is 2.77 bits per heavy atom. The fourth-order valence-corrected chi connectivity index (χ4v) is 4.06. The molecule has 0 bridgehead atoms. The monoisotopic (exact) mass is 371 g/mol. The highest BCUT2D eigenvalue weighted by Crippen LogP contribution is 2.23. The summed E-state index contributed by atoms with van der Waals surface area (Å²) in [6.07, 6.45) is 0. The lowest BCUT2D eigenvalue weighted by Gasteiger charge is -2.35. The molecular formula is C13H20Cl2FN3O2S. The first-order valence-electron chi connectivity index (χ1n) is 6.70. The van der Waals surface area contributed by atoms with Crippen LogP contribution < -0.4 is 5.32 Å². The SMILES string of the molecule is C[C@@H]1CNCCN1S(=O)(=O)N(C)Cc1c(F)cccc1Cl.Cl. The third kappa shape index (κ3) is 4.10. The predicted octanol–water partition coefficient (Wildman–Crippen LogP) is 1.87. The molecule has 1 atom stereocenters. The summed E-state index contributed by atoms with van der Waals surface area (Å²) in [5.41, 5.74) is 0.188. The van der Waals surface area contributed by atoms with Crippen LogP contribution in [-0.2, 0) is 16.8 Å². The van der Waals surface area contributed by atoms with E-state index in [9.17, 15) is 12.8 Å². The summed E-state index contributed by atoms with van der Waals surface area (Å²) in [6, 6.07) is 4.18. The standard InChI is InChI=1S/C13H19ClFN3O2S.ClH/c1-10-8-16-6-7-18(10)21(19,20)17(2)9-11-12(14)4-3-5-13(11)15;/h3-5,10,16H,6-9H2,1-2H3;1H/t10-;/m1./s1. The molecule has 22 heavy (non-hydrogen) atoms. The first kappa shape index (κ1) is 19.6. The van der Waals surface area contributed by atoms with Crippen LogP contribution in [0.15, 0.2) is 18.2 Å². The van der Waals surface area contributed by atoms with Gasteiger partial charge in [-0.2, -0.15) is 17.0 Å². The van der Waals surface area contributed by atoms with Crippen molar-refractivity contribution in [3.05, 3.63) is 34.6 Å². The molecular weight excluding hydrogens is 352 g/mol. The molecule has 126 valence electrons. The van der Waals surface area contributed by atoms with E-state index in [1.165, 1.54) is 23.5 Å². The molecule has 1 N–H and O–H groups in total. The van der Waals surface area contributed by atoms with E-state index in [1.54, 1.807) is 6.07 Å². The van der Waals surface area contributed by atoms with E-state index in [-0.39, 0.29) is 35.6 Å². The van der Waals surface area contributed by atoms with Crippen molar-refractivity contribution in [3.63, 3.8) is 0 Å². The van der Waals surface area contributed by atoms with E-state index in [2.05, 4.69) is 5.32 Å². The average Bonchev–Trinajstić information content (AvgIpc) is 2.43. The van der Waals surface area contributed by atoms with Crippen LogP contribution in [0.4, 0.5) is 4.39 Å². The molecule has 9 heteroatoms. The number of hydrogen-bond acceptors (Lipinski definition) is 3. The number of halogens is 3. The van der Waals surface area contributed by atoms with E-state index in [1.807, 2.05) is 6.92 Å². The van der Waals surface area contributed by atoms with Gasteiger partial charge in [0, 0.05) is 49.9 Å². The molecule has 1 aromatic rings. The molecule has 0 spiro atoms. The Morgan fingerprint density at radius 2 is 2.18 bits per heavy atom. The molecule has 5 nitrogen and oxygen atoms in total. The van der Waals surface area contributed by atoms with Gasteiger partial charge in [0.2, 0.25) is 0 Å². The second kappa shape index (κ2) is 7.90. The Kier molecular flexibility index (Phi) is 7.04. The molecule has 1 aliphatic heterocycles. The third-order valence-electron chi connectivity index (χ3n) is 3.57. The molecule has 0 radical (unpaired) electrons. The zero-order valence-corrected chi connectivity index (χ0v) is 14.8. The summed E-state index contributed by atoms with van der Waals surface area (Å²) < 4.78 is 41.5. The molecule has 1 fully saturated rings. The van der Waals surface area contributed by atoms with E-state index in [0.717, 1.165) is 4.31 Å². The molecule has 1 heterocycles. The highest BCUT2D eigenvalue weighted by molar-refractivity contribution is 7.86. The first-order chi connectivity index (χ1) is 9.84. The van der Waals surface area contributed by atoms with E-state index in [0.29, 0.717) is 19.6 Å². The molecule has 1 saturated heterocycles. The Balaban J connectivity index is 0.00000242. The zero-order chi connectivity index (χ0) is 15.6. The molecule has 1 aromatic carbocycles. The van der Waals surface area contributed by atoms with Gasteiger partial charge in [-0.05, 0) is 19.1 Å². The number of nitrogens with zero attached hydrogens (tertiary/aromatic N) is 2. The molecule has 0 unspecified atom stereocenters. The topological polar surface area (TPSA) is 52.7 Å². The van der Waals surface area contributed by atoms with Crippen molar-refractivity contribution in [2.45, 2.75) is 19.5 Å². The molecule has 0 amide bonds. The quantitative estimate of drug-likeness (QED) is 0.878.